The van der Waals surface area contributed by atoms with Crippen molar-refractivity contribution in [1.29, 1.82) is 0 Å². The number of methoxy groups -OCH3 is 1. The van der Waals surface area contributed by atoms with E-state index in [0.29, 0.717) is 26.1 Å². The van der Waals surface area contributed by atoms with Crippen LogP contribution < -0.4 is 9.47 Å². The molecule has 1 unspecified atom stereocenters. The molecule has 1 aromatic carbocycles. The lowest BCUT2D eigenvalue weighted by molar-refractivity contribution is -0.141. The lowest BCUT2D eigenvalue weighted by Crippen LogP contribution is -2.40. The van der Waals surface area contributed by atoms with E-state index in [4.69, 9.17) is 9.47 Å². The summed E-state index contributed by atoms with van der Waals surface area (Å²) in [6.45, 7) is 1.89. The van der Waals surface area contributed by atoms with Crippen molar-refractivity contribution in [2.45, 2.75) is 12.5 Å². The van der Waals surface area contributed by atoms with Gasteiger partial charge in [-0.1, -0.05) is 12.1 Å². The summed E-state index contributed by atoms with van der Waals surface area (Å²) in [6, 6.07) is 7.64. The summed E-state index contributed by atoms with van der Waals surface area (Å²) in [6.07, 6.45) is 0.370. The first-order chi connectivity index (χ1) is 9.19. The van der Waals surface area contributed by atoms with E-state index in [1.165, 1.54) is 7.11 Å². The third-order valence-electron chi connectivity index (χ3n) is 3.01. The molecule has 1 aliphatic heterocycles. The van der Waals surface area contributed by atoms with E-state index in [1.54, 1.807) is 0 Å². The first-order valence-corrected chi connectivity index (χ1v) is 6.33. The van der Waals surface area contributed by atoms with Gasteiger partial charge >= 0.3 is 5.97 Å². The second kappa shape index (κ2) is 6.43. The maximum absolute atomic E-state index is 11.1. The largest absolute Gasteiger partial charge is 0.486 e. The fourth-order valence-corrected chi connectivity index (χ4v) is 1.98. The van der Waals surface area contributed by atoms with Gasteiger partial charge in [-0.15, -0.1) is 0 Å². The molecule has 0 amide bonds. The molecule has 5 heteroatoms. The molecule has 0 aromatic heterocycles. The van der Waals surface area contributed by atoms with Gasteiger partial charge in [-0.05, 0) is 19.2 Å². The van der Waals surface area contributed by atoms with Gasteiger partial charge < -0.3 is 19.1 Å². The number of esters is 1. The summed E-state index contributed by atoms with van der Waals surface area (Å²) >= 11 is 0. The summed E-state index contributed by atoms with van der Waals surface area (Å²) in [4.78, 5) is 13.1. The zero-order valence-electron chi connectivity index (χ0n) is 11.3. The summed E-state index contributed by atoms with van der Waals surface area (Å²) < 4.78 is 16.1. The molecule has 0 bridgehead atoms. The van der Waals surface area contributed by atoms with E-state index in [-0.39, 0.29) is 12.1 Å². The highest BCUT2D eigenvalue weighted by molar-refractivity contribution is 5.69. The monoisotopic (exact) mass is 265 g/mol. The molecule has 19 heavy (non-hydrogen) atoms. The van der Waals surface area contributed by atoms with Crippen LogP contribution in [0.3, 0.4) is 0 Å². The Balaban J connectivity index is 1.80. The second-order valence-electron chi connectivity index (χ2n) is 4.59. The minimum Gasteiger partial charge on any atom is -0.486 e. The topological polar surface area (TPSA) is 48.0 Å². The number of nitrogens with zero attached hydrogens (tertiary/aromatic N) is 1. The first kappa shape index (κ1) is 13.7. The van der Waals surface area contributed by atoms with Gasteiger partial charge in [0.15, 0.2) is 11.5 Å². The van der Waals surface area contributed by atoms with Crippen LogP contribution in [0.4, 0.5) is 0 Å². The van der Waals surface area contributed by atoms with Gasteiger partial charge in [-0.3, -0.25) is 4.79 Å². The molecule has 2 rings (SSSR count). The molecule has 1 aromatic rings. The number of hydrogen-bond acceptors (Lipinski definition) is 5. The molecule has 104 valence electrons. The van der Waals surface area contributed by atoms with Gasteiger partial charge in [0.2, 0.25) is 0 Å². The fourth-order valence-electron chi connectivity index (χ4n) is 1.98. The second-order valence-corrected chi connectivity index (χ2v) is 4.59. The molecular weight excluding hydrogens is 246 g/mol. The Morgan fingerprint density at radius 2 is 2.16 bits per heavy atom. The van der Waals surface area contributed by atoms with E-state index >= 15 is 0 Å². The minimum atomic E-state index is -0.196. The standard InChI is InChI=1S/C14H19NO4/c1-15(8-7-14(16)17-2)9-11-10-18-12-5-3-4-6-13(12)19-11/h3-6,11H,7-10H2,1-2H3. The van der Waals surface area contributed by atoms with Gasteiger partial charge in [0.05, 0.1) is 13.5 Å². The molecule has 1 aliphatic rings. The van der Waals surface area contributed by atoms with Crippen LogP contribution in [-0.2, 0) is 9.53 Å². The van der Waals surface area contributed by atoms with Gasteiger partial charge in [0, 0.05) is 13.1 Å². The Bertz CT molecular complexity index is 435. The number of likely N-dealkylation sites (N-methyl/N-ethyl adjacent to an activating group) is 1. The smallest absolute Gasteiger partial charge is 0.306 e. The number of rotatable bonds is 5. The highest BCUT2D eigenvalue weighted by Gasteiger charge is 2.21. The summed E-state index contributed by atoms with van der Waals surface area (Å²) in [5.74, 6) is 1.37. The molecule has 0 saturated heterocycles. The number of benzene rings is 1. The first-order valence-electron chi connectivity index (χ1n) is 6.33. The molecule has 0 fully saturated rings. The van der Waals surface area contributed by atoms with Gasteiger partial charge in [-0.2, -0.15) is 0 Å². The Labute approximate surface area is 113 Å². The highest BCUT2D eigenvalue weighted by atomic mass is 16.6. The van der Waals surface area contributed by atoms with Crippen LogP contribution in [0.15, 0.2) is 24.3 Å². The van der Waals surface area contributed by atoms with E-state index in [2.05, 4.69) is 4.74 Å². The molecule has 1 atom stereocenters. The van der Waals surface area contributed by atoms with Crippen LogP contribution in [0.1, 0.15) is 6.42 Å². The van der Waals surface area contributed by atoms with E-state index in [1.807, 2.05) is 36.2 Å². The average Bonchev–Trinajstić information content (AvgIpc) is 2.44. The van der Waals surface area contributed by atoms with Gasteiger partial charge in [0.1, 0.15) is 12.7 Å². The molecule has 0 N–H and O–H groups in total. The number of para-hydroxylation sites is 2. The van der Waals surface area contributed by atoms with Crippen molar-refractivity contribution < 1.29 is 19.0 Å². The average molecular weight is 265 g/mol. The van der Waals surface area contributed by atoms with Gasteiger partial charge in [0.25, 0.3) is 0 Å². The zero-order chi connectivity index (χ0) is 13.7. The van der Waals surface area contributed by atoms with Crippen LogP contribution >= 0.6 is 0 Å². The Morgan fingerprint density at radius 3 is 2.89 bits per heavy atom. The minimum absolute atomic E-state index is 0.0162. The van der Waals surface area contributed by atoms with E-state index < -0.39 is 0 Å². The number of fused-ring (bicyclic) bond motifs is 1. The predicted molar refractivity (Wildman–Crippen MR) is 70.5 cm³/mol. The number of carbonyl (C=O) groups is 1. The summed E-state index contributed by atoms with van der Waals surface area (Å²) in [7, 11) is 3.35. The van der Waals surface area contributed by atoms with Gasteiger partial charge in [-0.25, -0.2) is 0 Å². The van der Waals surface area contributed by atoms with Crippen molar-refractivity contribution in [3.63, 3.8) is 0 Å². The number of carbonyl (C=O) groups excluding carboxylic acids is 1. The summed E-state index contributed by atoms with van der Waals surface area (Å²) in [5, 5.41) is 0. The summed E-state index contributed by atoms with van der Waals surface area (Å²) in [5.41, 5.74) is 0. The van der Waals surface area contributed by atoms with Crippen LogP contribution in [-0.4, -0.2) is 50.8 Å². The number of ether oxygens (including phenoxy) is 3. The van der Waals surface area contributed by atoms with Crippen molar-refractivity contribution in [2.24, 2.45) is 0 Å². The van der Waals surface area contributed by atoms with Crippen molar-refractivity contribution in [3.8, 4) is 11.5 Å². The molecular formula is C14H19NO4. The molecule has 0 saturated carbocycles. The van der Waals surface area contributed by atoms with Crippen LogP contribution in [0.2, 0.25) is 0 Å². The quantitative estimate of drug-likeness (QED) is 0.751. The number of hydrogen-bond donors (Lipinski definition) is 0. The normalized spacial score (nSPS) is 17.3. The lowest BCUT2D eigenvalue weighted by Gasteiger charge is -2.29. The molecule has 0 spiro atoms. The van der Waals surface area contributed by atoms with Crippen LogP contribution in [0, 0.1) is 0 Å². The molecule has 5 nitrogen and oxygen atoms in total. The predicted octanol–water partition coefficient (Wildman–Crippen LogP) is 1.32. The third-order valence-corrected chi connectivity index (χ3v) is 3.01. The maximum atomic E-state index is 11.1. The Kier molecular flexibility index (Phi) is 4.63. The van der Waals surface area contributed by atoms with Crippen molar-refractivity contribution >= 4 is 5.97 Å². The SMILES string of the molecule is COC(=O)CCN(C)CC1COc2ccccc2O1. The van der Waals surface area contributed by atoms with Crippen LogP contribution in [0.5, 0.6) is 11.5 Å². The van der Waals surface area contributed by atoms with Crippen molar-refractivity contribution in [3.05, 3.63) is 24.3 Å². The third kappa shape index (κ3) is 3.86. The van der Waals surface area contributed by atoms with E-state index in [9.17, 15) is 4.79 Å². The molecule has 0 aliphatic carbocycles. The maximum Gasteiger partial charge on any atom is 0.306 e. The fraction of sp³-hybridized carbons (Fsp3) is 0.500. The Hall–Kier alpha value is -1.75. The zero-order valence-corrected chi connectivity index (χ0v) is 11.3. The molecule has 0 radical (unpaired) electrons. The van der Waals surface area contributed by atoms with E-state index in [0.717, 1.165) is 11.5 Å². The van der Waals surface area contributed by atoms with Crippen molar-refractivity contribution in [2.75, 3.05) is 33.9 Å². The lowest BCUT2D eigenvalue weighted by atomic mass is 10.2. The highest BCUT2D eigenvalue weighted by Crippen LogP contribution is 2.30. The van der Waals surface area contributed by atoms with Crippen molar-refractivity contribution in [1.82, 2.24) is 4.90 Å². The molecule has 1 heterocycles. The Morgan fingerprint density at radius 1 is 1.42 bits per heavy atom. The van der Waals surface area contributed by atoms with Crippen LogP contribution in [0.25, 0.3) is 0 Å².